The first-order valence-electron chi connectivity index (χ1n) is 8.82. The molecule has 2 aliphatic rings. The van der Waals surface area contributed by atoms with Gasteiger partial charge in [-0.3, -0.25) is 4.90 Å². The SMILES string of the molecule is Nc1nc(N2CCN(C3CCCCC3)CC2)nc2ccccc12. The van der Waals surface area contributed by atoms with Gasteiger partial charge in [0.05, 0.1) is 5.52 Å². The van der Waals surface area contributed by atoms with Gasteiger partial charge in [0, 0.05) is 37.6 Å². The van der Waals surface area contributed by atoms with Crippen LogP contribution in [0.4, 0.5) is 11.8 Å². The molecule has 2 fully saturated rings. The van der Waals surface area contributed by atoms with E-state index in [4.69, 9.17) is 10.7 Å². The fourth-order valence-electron chi connectivity index (χ4n) is 3.96. The average molecular weight is 311 g/mol. The summed E-state index contributed by atoms with van der Waals surface area (Å²) in [5.41, 5.74) is 7.05. The Morgan fingerprint density at radius 2 is 1.65 bits per heavy atom. The minimum Gasteiger partial charge on any atom is -0.383 e. The standard InChI is InChI=1S/C18H25N5/c19-17-15-8-4-5-9-16(15)20-18(21-17)23-12-10-22(11-13-23)14-6-2-1-3-7-14/h4-5,8-9,14H,1-3,6-7,10-13H2,(H2,19,20,21). The molecule has 0 spiro atoms. The van der Waals surface area contributed by atoms with Crippen molar-refractivity contribution in [3.63, 3.8) is 0 Å². The number of hydrogen-bond donors (Lipinski definition) is 1. The Balaban J connectivity index is 1.47. The third-order valence-electron chi connectivity index (χ3n) is 5.31. The first-order valence-corrected chi connectivity index (χ1v) is 8.82. The van der Waals surface area contributed by atoms with Crippen molar-refractivity contribution in [1.29, 1.82) is 0 Å². The summed E-state index contributed by atoms with van der Waals surface area (Å²) in [5.74, 6) is 1.37. The molecule has 0 radical (unpaired) electrons. The van der Waals surface area contributed by atoms with E-state index in [1.165, 1.54) is 32.1 Å². The van der Waals surface area contributed by atoms with E-state index in [0.29, 0.717) is 5.82 Å². The van der Waals surface area contributed by atoms with Gasteiger partial charge < -0.3 is 10.6 Å². The maximum absolute atomic E-state index is 6.12. The molecule has 0 unspecified atom stereocenters. The van der Waals surface area contributed by atoms with Crippen LogP contribution in [-0.2, 0) is 0 Å². The molecule has 1 saturated carbocycles. The number of para-hydroxylation sites is 1. The second kappa shape index (κ2) is 6.32. The van der Waals surface area contributed by atoms with Crippen LogP contribution in [0.2, 0.25) is 0 Å². The van der Waals surface area contributed by atoms with E-state index in [1.54, 1.807) is 0 Å². The van der Waals surface area contributed by atoms with Crippen molar-refractivity contribution in [2.24, 2.45) is 0 Å². The summed E-state index contributed by atoms with van der Waals surface area (Å²) in [4.78, 5) is 14.2. The average Bonchev–Trinajstić information content (AvgIpc) is 2.63. The molecule has 1 saturated heterocycles. The van der Waals surface area contributed by atoms with E-state index in [1.807, 2.05) is 24.3 Å². The van der Waals surface area contributed by atoms with Gasteiger partial charge in [-0.15, -0.1) is 0 Å². The van der Waals surface area contributed by atoms with Crippen LogP contribution in [0.15, 0.2) is 24.3 Å². The molecular weight excluding hydrogens is 286 g/mol. The predicted octanol–water partition coefficient (Wildman–Crippen LogP) is 2.67. The Kier molecular flexibility index (Phi) is 4.04. The molecule has 0 atom stereocenters. The van der Waals surface area contributed by atoms with Crippen LogP contribution in [0.5, 0.6) is 0 Å². The second-order valence-electron chi connectivity index (χ2n) is 6.74. The third kappa shape index (κ3) is 2.98. The highest BCUT2D eigenvalue weighted by molar-refractivity contribution is 5.88. The van der Waals surface area contributed by atoms with E-state index < -0.39 is 0 Å². The Hall–Kier alpha value is -1.88. The van der Waals surface area contributed by atoms with Crippen LogP contribution in [0.3, 0.4) is 0 Å². The number of fused-ring (bicyclic) bond motifs is 1. The van der Waals surface area contributed by atoms with Gasteiger partial charge in [0.25, 0.3) is 0 Å². The first kappa shape index (κ1) is 14.7. The molecule has 5 heteroatoms. The molecule has 1 aromatic carbocycles. The zero-order valence-corrected chi connectivity index (χ0v) is 13.6. The predicted molar refractivity (Wildman–Crippen MR) is 94.6 cm³/mol. The summed E-state index contributed by atoms with van der Waals surface area (Å²) in [6, 6.07) is 8.77. The summed E-state index contributed by atoms with van der Waals surface area (Å²) in [5, 5.41) is 0.942. The molecule has 0 amide bonds. The highest BCUT2D eigenvalue weighted by atomic mass is 15.3. The number of hydrogen-bond acceptors (Lipinski definition) is 5. The van der Waals surface area contributed by atoms with Crippen molar-refractivity contribution in [3.8, 4) is 0 Å². The quantitative estimate of drug-likeness (QED) is 0.924. The molecule has 1 aliphatic carbocycles. The number of nitrogens with zero attached hydrogens (tertiary/aromatic N) is 4. The van der Waals surface area contributed by atoms with Gasteiger partial charge in [0.15, 0.2) is 0 Å². The highest BCUT2D eigenvalue weighted by Gasteiger charge is 2.26. The fraction of sp³-hybridized carbons (Fsp3) is 0.556. The van der Waals surface area contributed by atoms with Gasteiger partial charge in [-0.05, 0) is 25.0 Å². The van der Waals surface area contributed by atoms with Crippen LogP contribution >= 0.6 is 0 Å². The van der Waals surface area contributed by atoms with E-state index in [2.05, 4.69) is 14.8 Å². The van der Waals surface area contributed by atoms with Crippen LogP contribution in [0.25, 0.3) is 10.9 Å². The van der Waals surface area contributed by atoms with Gasteiger partial charge in [-0.1, -0.05) is 31.4 Å². The van der Waals surface area contributed by atoms with Gasteiger partial charge in [0.1, 0.15) is 5.82 Å². The van der Waals surface area contributed by atoms with Crippen molar-refractivity contribution in [1.82, 2.24) is 14.9 Å². The smallest absolute Gasteiger partial charge is 0.227 e. The monoisotopic (exact) mass is 311 g/mol. The molecule has 2 heterocycles. The van der Waals surface area contributed by atoms with Crippen LogP contribution in [-0.4, -0.2) is 47.1 Å². The Morgan fingerprint density at radius 1 is 0.913 bits per heavy atom. The first-order chi connectivity index (χ1) is 11.3. The molecular formula is C18H25N5. The lowest BCUT2D eigenvalue weighted by Gasteiger charge is -2.40. The van der Waals surface area contributed by atoms with Crippen LogP contribution in [0, 0.1) is 0 Å². The molecule has 1 aromatic heterocycles. The van der Waals surface area contributed by atoms with Gasteiger partial charge >= 0.3 is 0 Å². The molecule has 2 aromatic rings. The Labute approximate surface area is 137 Å². The zero-order chi connectivity index (χ0) is 15.6. The maximum atomic E-state index is 6.12. The lowest BCUT2D eigenvalue weighted by Crippen LogP contribution is -2.51. The van der Waals surface area contributed by atoms with Crippen molar-refractivity contribution >= 4 is 22.7 Å². The number of anilines is 2. The summed E-state index contributed by atoms with van der Waals surface area (Å²) in [6.07, 6.45) is 6.96. The van der Waals surface area contributed by atoms with Crippen molar-refractivity contribution < 1.29 is 0 Å². The largest absolute Gasteiger partial charge is 0.383 e. The number of nitrogens with two attached hydrogens (primary N) is 1. The van der Waals surface area contributed by atoms with E-state index in [-0.39, 0.29) is 0 Å². The minimum absolute atomic E-state index is 0.584. The summed E-state index contributed by atoms with van der Waals surface area (Å²) < 4.78 is 0. The number of piperazine rings is 1. The van der Waals surface area contributed by atoms with E-state index in [9.17, 15) is 0 Å². The summed E-state index contributed by atoms with van der Waals surface area (Å²) in [7, 11) is 0. The lowest BCUT2D eigenvalue weighted by atomic mass is 9.94. The van der Waals surface area contributed by atoms with Crippen molar-refractivity contribution in [2.75, 3.05) is 36.8 Å². The molecule has 4 rings (SSSR count). The van der Waals surface area contributed by atoms with E-state index >= 15 is 0 Å². The molecule has 2 N–H and O–H groups in total. The molecule has 1 aliphatic heterocycles. The second-order valence-corrected chi connectivity index (χ2v) is 6.74. The van der Waals surface area contributed by atoms with Crippen molar-refractivity contribution in [2.45, 2.75) is 38.1 Å². The highest BCUT2D eigenvalue weighted by Crippen LogP contribution is 2.25. The minimum atomic E-state index is 0.584. The van der Waals surface area contributed by atoms with Gasteiger partial charge in [-0.2, -0.15) is 4.98 Å². The van der Waals surface area contributed by atoms with E-state index in [0.717, 1.165) is 49.1 Å². The number of aromatic nitrogens is 2. The number of nitrogen functional groups attached to an aromatic ring is 1. The normalized spacial score (nSPS) is 21.0. The zero-order valence-electron chi connectivity index (χ0n) is 13.6. The molecule has 0 bridgehead atoms. The molecule has 23 heavy (non-hydrogen) atoms. The van der Waals surface area contributed by atoms with Crippen molar-refractivity contribution in [3.05, 3.63) is 24.3 Å². The molecule has 5 nitrogen and oxygen atoms in total. The van der Waals surface area contributed by atoms with Crippen LogP contribution in [0.1, 0.15) is 32.1 Å². The Bertz CT molecular complexity index is 672. The lowest BCUT2D eigenvalue weighted by molar-refractivity contribution is 0.147. The third-order valence-corrected chi connectivity index (χ3v) is 5.31. The Morgan fingerprint density at radius 3 is 2.43 bits per heavy atom. The fourth-order valence-corrected chi connectivity index (χ4v) is 3.96. The maximum Gasteiger partial charge on any atom is 0.227 e. The summed E-state index contributed by atoms with van der Waals surface area (Å²) >= 11 is 0. The number of rotatable bonds is 2. The van der Waals surface area contributed by atoms with Gasteiger partial charge in [-0.25, -0.2) is 4.98 Å². The van der Waals surface area contributed by atoms with Gasteiger partial charge in [0.2, 0.25) is 5.95 Å². The number of benzene rings is 1. The molecule has 122 valence electrons. The topological polar surface area (TPSA) is 58.3 Å². The summed E-state index contributed by atoms with van der Waals surface area (Å²) in [6.45, 7) is 4.21. The van der Waals surface area contributed by atoms with Crippen LogP contribution < -0.4 is 10.6 Å².